The van der Waals surface area contributed by atoms with Gasteiger partial charge in [-0.05, 0) is 13.3 Å². The maximum absolute atomic E-state index is 11.1. The molecule has 1 heterocycles. The van der Waals surface area contributed by atoms with E-state index in [-0.39, 0.29) is 18.0 Å². The summed E-state index contributed by atoms with van der Waals surface area (Å²) in [5.41, 5.74) is 0. The minimum atomic E-state index is -0.0674. The van der Waals surface area contributed by atoms with E-state index in [1.807, 2.05) is 6.92 Å². The van der Waals surface area contributed by atoms with Gasteiger partial charge in [0.15, 0.2) is 0 Å². The average Bonchev–Trinajstić information content (AvgIpc) is 2.47. The van der Waals surface area contributed by atoms with Gasteiger partial charge in [0.25, 0.3) is 0 Å². The number of rotatable bonds is 2. The lowest BCUT2D eigenvalue weighted by Crippen LogP contribution is -2.12. The van der Waals surface area contributed by atoms with Crippen LogP contribution in [0, 0.1) is 11.8 Å². The molecule has 11 heavy (non-hydrogen) atoms. The molecule has 62 valence electrons. The van der Waals surface area contributed by atoms with E-state index in [0.717, 1.165) is 13.0 Å². The van der Waals surface area contributed by atoms with Crippen molar-refractivity contribution in [2.75, 3.05) is 13.2 Å². The van der Waals surface area contributed by atoms with E-state index in [1.165, 1.54) is 0 Å². The van der Waals surface area contributed by atoms with Crippen molar-refractivity contribution in [2.24, 2.45) is 11.8 Å². The van der Waals surface area contributed by atoms with Crippen LogP contribution in [0.15, 0.2) is 0 Å². The Hall–Kier alpha value is -0.570. The van der Waals surface area contributed by atoms with Crippen LogP contribution in [0.2, 0.25) is 0 Å². The maximum atomic E-state index is 11.1. The number of ether oxygens (including phenoxy) is 2. The minimum Gasteiger partial charge on any atom is -0.466 e. The highest BCUT2D eigenvalue weighted by molar-refractivity contribution is 5.77. The first kappa shape index (κ1) is 7.10. The standard InChI is InChI=1S/C8H12O3/c1-2-10-8(9)6-5-3-4-11-7(5)6/h5-7H,2-4H2,1H3/t5-,6-,7+/m0/s1. The van der Waals surface area contributed by atoms with E-state index in [0.29, 0.717) is 12.5 Å². The van der Waals surface area contributed by atoms with Crippen LogP contribution in [0.1, 0.15) is 13.3 Å². The topological polar surface area (TPSA) is 35.5 Å². The van der Waals surface area contributed by atoms with E-state index in [4.69, 9.17) is 9.47 Å². The van der Waals surface area contributed by atoms with Crippen molar-refractivity contribution in [1.29, 1.82) is 0 Å². The van der Waals surface area contributed by atoms with Gasteiger partial charge in [-0.1, -0.05) is 0 Å². The lowest BCUT2D eigenvalue weighted by molar-refractivity contribution is -0.146. The van der Waals surface area contributed by atoms with Crippen LogP contribution in [-0.4, -0.2) is 25.3 Å². The highest BCUT2D eigenvalue weighted by atomic mass is 16.5. The largest absolute Gasteiger partial charge is 0.466 e. The van der Waals surface area contributed by atoms with Gasteiger partial charge in [-0.25, -0.2) is 0 Å². The number of fused-ring (bicyclic) bond motifs is 1. The lowest BCUT2D eigenvalue weighted by Gasteiger charge is -2.02. The lowest BCUT2D eigenvalue weighted by atomic mass is 10.2. The van der Waals surface area contributed by atoms with Crippen LogP contribution in [0.25, 0.3) is 0 Å². The van der Waals surface area contributed by atoms with E-state index in [9.17, 15) is 4.79 Å². The fourth-order valence-electron chi connectivity index (χ4n) is 1.80. The molecule has 2 aliphatic rings. The van der Waals surface area contributed by atoms with Gasteiger partial charge < -0.3 is 9.47 Å². The third kappa shape index (κ3) is 1.03. The van der Waals surface area contributed by atoms with Gasteiger partial charge in [-0.3, -0.25) is 4.79 Å². The van der Waals surface area contributed by atoms with Gasteiger partial charge in [0, 0.05) is 12.5 Å². The van der Waals surface area contributed by atoms with Gasteiger partial charge >= 0.3 is 5.97 Å². The van der Waals surface area contributed by atoms with Gasteiger partial charge in [-0.15, -0.1) is 0 Å². The fourth-order valence-corrected chi connectivity index (χ4v) is 1.80. The molecule has 0 aromatic carbocycles. The first-order chi connectivity index (χ1) is 5.34. The van der Waals surface area contributed by atoms with Crippen molar-refractivity contribution in [2.45, 2.75) is 19.4 Å². The molecule has 0 radical (unpaired) electrons. The van der Waals surface area contributed by atoms with E-state index in [1.54, 1.807) is 0 Å². The second kappa shape index (κ2) is 2.48. The summed E-state index contributed by atoms with van der Waals surface area (Å²) in [6.07, 6.45) is 1.24. The molecule has 0 spiro atoms. The van der Waals surface area contributed by atoms with Crippen molar-refractivity contribution in [3.8, 4) is 0 Å². The summed E-state index contributed by atoms with van der Waals surface area (Å²) in [4.78, 5) is 11.1. The van der Waals surface area contributed by atoms with E-state index >= 15 is 0 Å². The smallest absolute Gasteiger partial charge is 0.311 e. The number of hydrogen-bond donors (Lipinski definition) is 0. The molecular weight excluding hydrogens is 144 g/mol. The quantitative estimate of drug-likeness (QED) is 0.549. The molecule has 1 saturated heterocycles. The highest BCUT2D eigenvalue weighted by Gasteiger charge is 2.59. The molecule has 3 atom stereocenters. The number of hydrogen-bond acceptors (Lipinski definition) is 3. The summed E-state index contributed by atoms with van der Waals surface area (Å²) < 4.78 is 10.2. The van der Waals surface area contributed by atoms with Crippen molar-refractivity contribution < 1.29 is 14.3 Å². The molecule has 3 heteroatoms. The summed E-state index contributed by atoms with van der Waals surface area (Å²) in [6, 6.07) is 0. The zero-order valence-corrected chi connectivity index (χ0v) is 6.58. The molecule has 1 aliphatic heterocycles. The molecule has 2 fully saturated rings. The molecule has 1 aliphatic carbocycles. The SMILES string of the molecule is CCOC(=O)[C@H]1[C@@H]2CCO[C@H]21. The Labute approximate surface area is 65.7 Å². The maximum Gasteiger partial charge on any atom is 0.311 e. The Morgan fingerprint density at radius 2 is 2.55 bits per heavy atom. The Balaban J connectivity index is 1.85. The zero-order valence-electron chi connectivity index (χ0n) is 6.58. The minimum absolute atomic E-state index is 0.0674. The summed E-state index contributed by atoms with van der Waals surface area (Å²) in [7, 11) is 0. The number of carbonyl (C=O) groups excluding carboxylic acids is 1. The molecule has 0 bridgehead atoms. The van der Waals surface area contributed by atoms with Crippen LogP contribution < -0.4 is 0 Å². The second-order valence-electron chi connectivity index (χ2n) is 3.07. The molecule has 1 saturated carbocycles. The first-order valence-corrected chi connectivity index (χ1v) is 4.13. The summed E-state index contributed by atoms with van der Waals surface area (Å²) in [6.45, 7) is 3.14. The van der Waals surface area contributed by atoms with Gasteiger partial charge in [0.1, 0.15) is 0 Å². The molecule has 0 amide bonds. The zero-order chi connectivity index (χ0) is 7.84. The van der Waals surface area contributed by atoms with Gasteiger partial charge in [0.2, 0.25) is 0 Å². The van der Waals surface area contributed by atoms with Crippen LogP contribution in [-0.2, 0) is 14.3 Å². The molecule has 0 aromatic heterocycles. The second-order valence-corrected chi connectivity index (χ2v) is 3.07. The average molecular weight is 156 g/mol. The van der Waals surface area contributed by atoms with Crippen LogP contribution in [0.5, 0.6) is 0 Å². The summed E-state index contributed by atoms with van der Waals surface area (Å²) >= 11 is 0. The predicted molar refractivity (Wildman–Crippen MR) is 38.0 cm³/mol. The van der Waals surface area contributed by atoms with Crippen molar-refractivity contribution in [1.82, 2.24) is 0 Å². The van der Waals surface area contributed by atoms with Crippen LogP contribution in [0.3, 0.4) is 0 Å². The van der Waals surface area contributed by atoms with Gasteiger partial charge in [-0.2, -0.15) is 0 Å². The third-order valence-electron chi connectivity index (χ3n) is 2.42. The highest BCUT2D eigenvalue weighted by Crippen LogP contribution is 2.49. The van der Waals surface area contributed by atoms with Crippen LogP contribution in [0.4, 0.5) is 0 Å². The Bertz CT molecular complexity index is 168. The van der Waals surface area contributed by atoms with Gasteiger partial charge in [0.05, 0.1) is 18.6 Å². The fraction of sp³-hybridized carbons (Fsp3) is 0.875. The molecule has 2 rings (SSSR count). The Kier molecular flexibility index (Phi) is 1.60. The Morgan fingerprint density at radius 1 is 1.73 bits per heavy atom. The number of esters is 1. The molecule has 0 unspecified atom stereocenters. The van der Waals surface area contributed by atoms with E-state index < -0.39 is 0 Å². The molecule has 3 nitrogen and oxygen atoms in total. The van der Waals surface area contributed by atoms with Crippen LogP contribution >= 0.6 is 0 Å². The predicted octanol–water partition coefficient (Wildman–Crippen LogP) is 0.584. The molecule has 0 N–H and O–H groups in total. The summed E-state index contributed by atoms with van der Waals surface area (Å²) in [5.74, 6) is 0.486. The number of carbonyl (C=O) groups is 1. The molecular formula is C8H12O3. The van der Waals surface area contributed by atoms with Crippen molar-refractivity contribution in [3.05, 3.63) is 0 Å². The summed E-state index contributed by atoms with van der Waals surface area (Å²) in [5, 5.41) is 0. The monoisotopic (exact) mass is 156 g/mol. The molecule has 0 aromatic rings. The van der Waals surface area contributed by atoms with E-state index in [2.05, 4.69) is 0 Å². The van der Waals surface area contributed by atoms with Crippen molar-refractivity contribution in [3.63, 3.8) is 0 Å². The van der Waals surface area contributed by atoms with Crippen molar-refractivity contribution >= 4 is 5.97 Å². The normalized spacial score (nSPS) is 39.9. The Morgan fingerprint density at radius 3 is 3.09 bits per heavy atom. The third-order valence-corrected chi connectivity index (χ3v) is 2.42. The first-order valence-electron chi connectivity index (χ1n) is 4.13.